The quantitative estimate of drug-likeness (QED) is 0.775. The summed E-state index contributed by atoms with van der Waals surface area (Å²) in [5.74, 6) is 0.459. The molecule has 2 aromatic heterocycles. The molecule has 0 atom stereocenters. The number of H-pyrrole nitrogens is 1. The Hall–Kier alpha value is -2.95. The van der Waals surface area contributed by atoms with Crippen LogP contribution in [-0.4, -0.2) is 15.0 Å². The number of hydrogen-bond donors (Lipinski definition) is 2. The van der Waals surface area contributed by atoms with Crippen LogP contribution in [0.5, 0.6) is 0 Å². The van der Waals surface area contributed by atoms with Crippen LogP contribution >= 0.6 is 0 Å². The molecule has 0 unspecified atom stereocenters. The van der Waals surface area contributed by atoms with Crippen molar-refractivity contribution in [1.82, 2.24) is 15.0 Å². The van der Waals surface area contributed by atoms with Gasteiger partial charge in [0.15, 0.2) is 0 Å². The molecule has 2 N–H and O–H groups in total. The molecular weight excluding hydrogens is 276 g/mol. The fourth-order valence-corrected chi connectivity index (χ4v) is 2.22. The molecule has 0 saturated carbocycles. The van der Waals surface area contributed by atoms with E-state index in [-0.39, 0.29) is 5.56 Å². The number of nitrogens with one attached hydrogen (secondary N) is 2. The van der Waals surface area contributed by atoms with Crippen molar-refractivity contribution >= 4 is 5.95 Å². The fraction of sp³-hybridized carbons (Fsp3) is 0.118. The SMILES string of the molecule is Cc1cccc(CNc2nc(-c3ccncc3)cc(=O)[nH]2)c1. The second kappa shape index (κ2) is 6.22. The first-order valence-electron chi connectivity index (χ1n) is 7.02. The largest absolute Gasteiger partial charge is 0.352 e. The van der Waals surface area contributed by atoms with Gasteiger partial charge >= 0.3 is 0 Å². The average Bonchev–Trinajstić information content (AvgIpc) is 2.53. The molecule has 0 amide bonds. The molecule has 2 heterocycles. The van der Waals surface area contributed by atoms with Gasteiger partial charge in [-0.2, -0.15) is 0 Å². The van der Waals surface area contributed by atoms with Crippen LogP contribution in [0.2, 0.25) is 0 Å². The van der Waals surface area contributed by atoms with Crippen molar-refractivity contribution in [1.29, 1.82) is 0 Å². The first kappa shape index (κ1) is 14.0. The van der Waals surface area contributed by atoms with Gasteiger partial charge in [0.05, 0.1) is 5.69 Å². The Bertz CT molecular complexity index is 827. The third-order valence-corrected chi connectivity index (χ3v) is 3.26. The van der Waals surface area contributed by atoms with E-state index in [0.29, 0.717) is 18.2 Å². The normalized spacial score (nSPS) is 10.4. The van der Waals surface area contributed by atoms with E-state index in [1.165, 1.54) is 11.6 Å². The number of anilines is 1. The topological polar surface area (TPSA) is 70.7 Å². The lowest BCUT2D eigenvalue weighted by Gasteiger charge is -2.08. The number of pyridine rings is 1. The fourth-order valence-electron chi connectivity index (χ4n) is 2.22. The van der Waals surface area contributed by atoms with Gasteiger partial charge in [-0.1, -0.05) is 29.8 Å². The van der Waals surface area contributed by atoms with Crippen molar-refractivity contribution in [3.8, 4) is 11.3 Å². The van der Waals surface area contributed by atoms with Crippen LogP contribution in [0.25, 0.3) is 11.3 Å². The molecule has 5 nitrogen and oxygen atoms in total. The summed E-state index contributed by atoms with van der Waals surface area (Å²) in [4.78, 5) is 22.9. The number of rotatable bonds is 4. The smallest absolute Gasteiger partial charge is 0.252 e. The number of hydrogen-bond acceptors (Lipinski definition) is 4. The highest BCUT2D eigenvalue weighted by atomic mass is 16.1. The van der Waals surface area contributed by atoms with Crippen LogP contribution in [0.4, 0.5) is 5.95 Å². The van der Waals surface area contributed by atoms with Crippen molar-refractivity contribution in [3.63, 3.8) is 0 Å². The lowest BCUT2D eigenvalue weighted by molar-refractivity contribution is 1.03. The van der Waals surface area contributed by atoms with Gasteiger partial charge in [-0.3, -0.25) is 14.8 Å². The van der Waals surface area contributed by atoms with Gasteiger partial charge < -0.3 is 5.32 Å². The Morgan fingerprint density at radius 2 is 1.95 bits per heavy atom. The minimum Gasteiger partial charge on any atom is -0.352 e. The molecular formula is C17H16N4O. The number of nitrogens with zero attached hydrogens (tertiary/aromatic N) is 2. The van der Waals surface area contributed by atoms with E-state index in [1.807, 2.05) is 37.3 Å². The van der Waals surface area contributed by atoms with Crippen molar-refractivity contribution in [2.24, 2.45) is 0 Å². The maximum atomic E-state index is 11.8. The number of aromatic nitrogens is 3. The van der Waals surface area contributed by atoms with E-state index >= 15 is 0 Å². The van der Waals surface area contributed by atoms with Gasteiger partial charge in [0.1, 0.15) is 0 Å². The molecule has 0 aliphatic heterocycles. The van der Waals surface area contributed by atoms with E-state index in [1.54, 1.807) is 12.4 Å². The van der Waals surface area contributed by atoms with Crippen molar-refractivity contribution < 1.29 is 0 Å². The van der Waals surface area contributed by atoms with Crippen LogP contribution in [-0.2, 0) is 6.54 Å². The molecule has 0 spiro atoms. The average molecular weight is 292 g/mol. The maximum absolute atomic E-state index is 11.8. The summed E-state index contributed by atoms with van der Waals surface area (Å²) >= 11 is 0. The Morgan fingerprint density at radius 3 is 2.73 bits per heavy atom. The zero-order chi connectivity index (χ0) is 15.4. The minimum atomic E-state index is -0.187. The summed E-state index contributed by atoms with van der Waals surface area (Å²) in [6, 6.07) is 13.3. The zero-order valence-corrected chi connectivity index (χ0v) is 12.2. The Kier molecular flexibility index (Phi) is 3.96. The number of benzene rings is 1. The predicted octanol–water partition coefficient (Wildman–Crippen LogP) is 2.75. The summed E-state index contributed by atoms with van der Waals surface area (Å²) < 4.78 is 0. The second-order valence-electron chi connectivity index (χ2n) is 5.06. The van der Waals surface area contributed by atoms with E-state index in [0.717, 1.165) is 11.1 Å². The summed E-state index contributed by atoms with van der Waals surface area (Å²) in [5.41, 5.74) is 3.63. The van der Waals surface area contributed by atoms with Crippen LogP contribution in [0.15, 0.2) is 59.7 Å². The van der Waals surface area contributed by atoms with Crippen LogP contribution in [0, 0.1) is 6.92 Å². The van der Waals surface area contributed by atoms with E-state index in [4.69, 9.17) is 0 Å². The molecule has 0 saturated heterocycles. The monoisotopic (exact) mass is 292 g/mol. The Balaban J connectivity index is 1.83. The summed E-state index contributed by atoms with van der Waals surface area (Å²) in [6.07, 6.45) is 3.36. The standard InChI is InChI=1S/C17H16N4O/c1-12-3-2-4-13(9-12)11-19-17-20-15(10-16(22)21-17)14-5-7-18-8-6-14/h2-10H,11H2,1H3,(H2,19,20,21,22). The molecule has 3 rings (SSSR count). The van der Waals surface area contributed by atoms with Gasteiger partial charge in [-0.05, 0) is 24.6 Å². The van der Waals surface area contributed by atoms with Gasteiger partial charge in [0.25, 0.3) is 5.56 Å². The number of aromatic amines is 1. The first-order chi connectivity index (χ1) is 10.7. The minimum absolute atomic E-state index is 0.187. The van der Waals surface area contributed by atoms with E-state index in [9.17, 15) is 4.79 Å². The van der Waals surface area contributed by atoms with E-state index in [2.05, 4.69) is 26.3 Å². The lowest BCUT2D eigenvalue weighted by atomic mass is 10.1. The zero-order valence-electron chi connectivity index (χ0n) is 12.2. The van der Waals surface area contributed by atoms with Crippen LogP contribution in [0.1, 0.15) is 11.1 Å². The molecule has 3 aromatic rings. The molecule has 1 aromatic carbocycles. The third kappa shape index (κ3) is 3.38. The molecule has 5 heteroatoms. The summed E-state index contributed by atoms with van der Waals surface area (Å²) in [6.45, 7) is 2.65. The predicted molar refractivity (Wildman–Crippen MR) is 86.6 cm³/mol. The third-order valence-electron chi connectivity index (χ3n) is 3.26. The summed E-state index contributed by atoms with van der Waals surface area (Å²) in [5, 5.41) is 3.16. The molecule has 0 fully saturated rings. The van der Waals surface area contributed by atoms with Crippen molar-refractivity contribution in [3.05, 3.63) is 76.3 Å². The lowest BCUT2D eigenvalue weighted by Crippen LogP contribution is -2.12. The van der Waals surface area contributed by atoms with Gasteiger partial charge in [0, 0.05) is 30.6 Å². The highest BCUT2D eigenvalue weighted by Crippen LogP contribution is 2.15. The Morgan fingerprint density at radius 1 is 1.14 bits per heavy atom. The summed E-state index contributed by atoms with van der Waals surface area (Å²) in [7, 11) is 0. The molecule has 0 aliphatic carbocycles. The van der Waals surface area contributed by atoms with Gasteiger partial charge in [-0.15, -0.1) is 0 Å². The van der Waals surface area contributed by atoms with Crippen molar-refractivity contribution in [2.45, 2.75) is 13.5 Å². The number of aryl methyl sites for hydroxylation is 1. The van der Waals surface area contributed by atoms with Gasteiger partial charge in [-0.25, -0.2) is 4.98 Å². The first-order valence-corrected chi connectivity index (χ1v) is 7.02. The van der Waals surface area contributed by atoms with E-state index < -0.39 is 0 Å². The highest BCUT2D eigenvalue weighted by Gasteiger charge is 2.04. The maximum Gasteiger partial charge on any atom is 0.252 e. The highest BCUT2D eigenvalue weighted by molar-refractivity contribution is 5.59. The molecule has 0 radical (unpaired) electrons. The molecule has 22 heavy (non-hydrogen) atoms. The molecule has 110 valence electrons. The van der Waals surface area contributed by atoms with Crippen molar-refractivity contribution in [2.75, 3.05) is 5.32 Å². The second-order valence-corrected chi connectivity index (χ2v) is 5.06. The molecule has 0 bridgehead atoms. The van der Waals surface area contributed by atoms with Crippen LogP contribution in [0.3, 0.4) is 0 Å². The van der Waals surface area contributed by atoms with Gasteiger partial charge in [0.2, 0.25) is 5.95 Å². The molecule has 0 aliphatic rings. The Labute approximate surface area is 128 Å². The van der Waals surface area contributed by atoms with Crippen LogP contribution < -0.4 is 10.9 Å².